The van der Waals surface area contributed by atoms with Gasteiger partial charge in [0, 0.05) is 44.6 Å². The summed E-state index contributed by atoms with van der Waals surface area (Å²) < 4.78 is 2.07. The molecule has 0 bridgehead atoms. The highest BCUT2D eigenvalue weighted by atomic mass is 15.4. The fraction of sp³-hybridized carbons (Fsp3) is 0.545. The molecule has 0 unspecified atom stereocenters. The lowest BCUT2D eigenvalue weighted by molar-refractivity contribution is 0.468. The maximum Gasteiger partial charge on any atom is 0.227 e. The van der Waals surface area contributed by atoms with E-state index in [2.05, 4.69) is 46.4 Å². The molecule has 10 nitrogen and oxygen atoms in total. The van der Waals surface area contributed by atoms with E-state index in [0.29, 0.717) is 6.04 Å². The molecule has 0 spiro atoms. The van der Waals surface area contributed by atoms with Crippen molar-refractivity contribution in [2.45, 2.75) is 51.1 Å². The monoisotopic (exact) mass is 432 g/mol. The van der Waals surface area contributed by atoms with Gasteiger partial charge in [-0.3, -0.25) is 9.55 Å². The number of nitrogens with zero attached hydrogens (tertiary/aromatic N) is 10. The molecule has 6 rings (SSSR count). The van der Waals surface area contributed by atoms with Gasteiger partial charge in [0.1, 0.15) is 17.8 Å². The molecule has 0 aromatic carbocycles. The first-order valence-corrected chi connectivity index (χ1v) is 11.6. The van der Waals surface area contributed by atoms with Gasteiger partial charge in [-0.25, -0.2) is 9.97 Å². The van der Waals surface area contributed by atoms with Crippen LogP contribution in [0.4, 0.5) is 17.6 Å². The Labute approximate surface area is 187 Å². The van der Waals surface area contributed by atoms with Gasteiger partial charge in [0.15, 0.2) is 11.6 Å². The van der Waals surface area contributed by atoms with Crippen LogP contribution in [0.15, 0.2) is 31.1 Å². The minimum Gasteiger partial charge on any atom is -0.352 e. The zero-order valence-corrected chi connectivity index (χ0v) is 18.4. The quantitative estimate of drug-likeness (QED) is 0.616. The van der Waals surface area contributed by atoms with Crippen molar-refractivity contribution in [1.82, 2.24) is 34.7 Å². The van der Waals surface area contributed by atoms with Gasteiger partial charge in [0.25, 0.3) is 0 Å². The van der Waals surface area contributed by atoms with Crippen LogP contribution in [-0.4, -0.2) is 66.9 Å². The highest BCUT2D eigenvalue weighted by Gasteiger charge is 2.38. The normalized spacial score (nSPS) is 21.0. The van der Waals surface area contributed by atoms with Gasteiger partial charge in [-0.05, 0) is 19.3 Å². The predicted octanol–water partition coefficient (Wildman–Crippen LogP) is 2.39. The molecule has 2 fully saturated rings. The highest BCUT2D eigenvalue weighted by Crippen LogP contribution is 2.42. The average Bonchev–Trinajstić information content (AvgIpc) is 3.56. The third kappa shape index (κ3) is 3.16. The molecule has 1 saturated carbocycles. The maximum absolute atomic E-state index is 5.16. The van der Waals surface area contributed by atoms with Crippen molar-refractivity contribution in [3.63, 3.8) is 0 Å². The summed E-state index contributed by atoms with van der Waals surface area (Å²) in [4.78, 5) is 25.6. The molecule has 10 heteroatoms. The minimum absolute atomic E-state index is 0.198. The number of anilines is 3. The molecule has 2 aliphatic heterocycles. The summed E-state index contributed by atoms with van der Waals surface area (Å²) in [5.74, 6) is 3.76. The molecule has 3 aromatic heterocycles. The van der Waals surface area contributed by atoms with Crippen LogP contribution in [0.25, 0.3) is 5.69 Å². The third-order valence-corrected chi connectivity index (χ3v) is 6.99. The van der Waals surface area contributed by atoms with Gasteiger partial charge in [0.2, 0.25) is 5.95 Å². The van der Waals surface area contributed by atoms with Gasteiger partial charge in [-0.2, -0.15) is 4.98 Å². The van der Waals surface area contributed by atoms with E-state index in [-0.39, 0.29) is 6.04 Å². The SMILES string of the molecule is CC[C@@H]1c2nncn2-c2cnc(N3CCN(c4cnccn4)CC3)nc2N1C1CCCC1. The largest absolute Gasteiger partial charge is 0.352 e. The maximum atomic E-state index is 5.16. The molecule has 1 saturated heterocycles. The lowest BCUT2D eigenvalue weighted by atomic mass is 10.0. The molecule has 166 valence electrons. The highest BCUT2D eigenvalue weighted by molar-refractivity contribution is 5.64. The Morgan fingerprint density at radius 2 is 1.78 bits per heavy atom. The number of rotatable bonds is 4. The molecule has 0 N–H and O–H groups in total. The van der Waals surface area contributed by atoms with Crippen molar-refractivity contribution in [3.05, 3.63) is 36.9 Å². The van der Waals surface area contributed by atoms with Crippen molar-refractivity contribution in [3.8, 4) is 5.69 Å². The summed E-state index contributed by atoms with van der Waals surface area (Å²) in [5, 5.41) is 8.68. The summed E-state index contributed by atoms with van der Waals surface area (Å²) in [6.45, 7) is 5.68. The Balaban J connectivity index is 1.31. The van der Waals surface area contributed by atoms with E-state index in [9.17, 15) is 0 Å². The summed E-state index contributed by atoms with van der Waals surface area (Å²) >= 11 is 0. The number of hydrogen-bond acceptors (Lipinski definition) is 9. The van der Waals surface area contributed by atoms with E-state index in [1.807, 2.05) is 12.4 Å². The zero-order valence-electron chi connectivity index (χ0n) is 18.4. The van der Waals surface area contributed by atoms with Gasteiger partial charge in [-0.1, -0.05) is 19.8 Å². The second-order valence-corrected chi connectivity index (χ2v) is 8.75. The number of piperazine rings is 1. The van der Waals surface area contributed by atoms with E-state index < -0.39 is 0 Å². The molecule has 32 heavy (non-hydrogen) atoms. The molecule has 5 heterocycles. The van der Waals surface area contributed by atoms with E-state index in [1.165, 1.54) is 25.7 Å². The smallest absolute Gasteiger partial charge is 0.227 e. The second-order valence-electron chi connectivity index (χ2n) is 8.75. The number of aromatic nitrogens is 7. The van der Waals surface area contributed by atoms with E-state index in [4.69, 9.17) is 9.97 Å². The van der Waals surface area contributed by atoms with Crippen molar-refractivity contribution >= 4 is 17.6 Å². The molecule has 1 atom stereocenters. The number of fused-ring (bicyclic) bond motifs is 3. The van der Waals surface area contributed by atoms with Crippen molar-refractivity contribution in [1.29, 1.82) is 0 Å². The minimum atomic E-state index is 0.198. The fourth-order valence-electron chi connectivity index (χ4n) is 5.38. The Morgan fingerprint density at radius 3 is 2.53 bits per heavy atom. The Kier molecular flexibility index (Phi) is 4.84. The van der Waals surface area contributed by atoms with E-state index in [1.54, 1.807) is 18.7 Å². The first-order valence-electron chi connectivity index (χ1n) is 11.6. The van der Waals surface area contributed by atoms with Crippen LogP contribution in [0, 0.1) is 0 Å². The van der Waals surface area contributed by atoms with Crippen LogP contribution in [0.2, 0.25) is 0 Å². The summed E-state index contributed by atoms with van der Waals surface area (Å²) in [6.07, 6.45) is 15.0. The van der Waals surface area contributed by atoms with E-state index in [0.717, 1.165) is 61.7 Å². The fourth-order valence-corrected chi connectivity index (χ4v) is 5.38. The molecule has 3 aromatic rings. The Hall–Kier alpha value is -3.30. The molecule has 3 aliphatic rings. The van der Waals surface area contributed by atoms with Crippen molar-refractivity contribution in [2.75, 3.05) is 40.9 Å². The third-order valence-electron chi connectivity index (χ3n) is 6.99. The molecule has 1 aliphatic carbocycles. The lowest BCUT2D eigenvalue weighted by Gasteiger charge is -2.41. The van der Waals surface area contributed by atoms with Crippen molar-refractivity contribution < 1.29 is 0 Å². The van der Waals surface area contributed by atoms with Gasteiger partial charge in [-0.15, -0.1) is 10.2 Å². The lowest BCUT2D eigenvalue weighted by Crippen LogP contribution is -2.48. The van der Waals surface area contributed by atoms with Crippen LogP contribution in [0.5, 0.6) is 0 Å². The van der Waals surface area contributed by atoms with Gasteiger partial charge < -0.3 is 14.7 Å². The predicted molar refractivity (Wildman–Crippen MR) is 121 cm³/mol. The molecule has 0 radical (unpaired) electrons. The summed E-state index contributed by atoms with van der Waals surface area (Å²) in [7, 11) is 0. The standard InChI is InChI=1S/C22H28N10/c1-2-17-21-28-26-15-31(21)18-13-25-22(27-20(18)32(17)16-5-3-4-6-16)30-11-9-29(10-12-30)19-14-23-7-8-24-19/h7-8,13-17H,2-6,9-12H2,1H3/t17-/m1/s1. The zero-order chi connectivity index (χ0) is 21.5. The van der Waals surface area contributed by atoms with Gasteiger partial charge in [0.05, 0.1) is 18.4 Å². The van der Waals surface area contributed by atoms with Crippen LogP contribution in [0.1, 0.15) is 50.9 Å². The molecular weight excluding hydrogens is 404 g/mol. The van der Waals surface area contributed by atoms with Crippen LogP contribution >= 0.6 is 0 Å². The van der Waals surface area contributed by atoms with Crippen LogP contribution < -0.4 is 14.7 Å². The van der Waals surface area contributed by atoms with Crippen LogP contribution in [0.3, 0.4) is 0 Å². The topological polar surface area (TPSA) is 92.0 Å². The second kappa shape index (κ2) is 7.99. The molecule has 0 amide bonds. The summed E-state index contributed by atoms with van der Waals surface area (Å²) in [5.41, 5.74) is 0.989. The van der Waals surface area contributed by atoms with Gasteiger partial charge >= 0.3 is 0 Å². The first-order chi connectivity index (χ1) is 15.8. The average molecular weight is 433 g/mol. The molecular formula is C22H28N10. The first kappa shape index (κ1) is 19.4. The van der Waals surface area contributed by atoms with Crippen molar-refractivity contribution in [2.24, 2.45) is 0 Å². The Morgan fingerprint density at radius 1 is 0.969 bits per heavy atom. The number of hydrogen-bond donors (Lipinski definition) is 0. The van der Waals surface area contributed by atoms with Crippen LogP contribution in [-0.2, 0) is 0 Å². The van der Waals surface area contributed by atoms with E-state index >= 15 is 0 Å². The Bertz CT molecular complexity index is 1070. The summed E-state index contributed by atoms with van der Waals surface area (Å²) in [6, 6.07) is 0.699.